The Morgan fingerprint density at radius 2 is 2.36 bits per heavy atom. The van der Waals surface area contributed by atoms with Crippen molar-refractivity contribution < 1.29 is 9.47 Å². The Labute approximate surface area is 87.3 Å². The predicted molar refractivity (Wildman–Crippen MR) is 58.1 cm³/mol. The fourth-order valence-electron chi connectivity index (χ4n) is 2.01. The Kier molecular flexibility index (Phi) is 5.69. The van der Waals surface area contributed by atoms with Gasteiger partial charge >= 0.3 is 0 Å². The third-order valence-electron chi connectivity index (χ3n) is 2.85. The first kappa shape index (κ1) is 11.6. The van der Waals surface area contributed by atoms with Crippen LogP contribution in [-0.4, -0.2) is 19.3 Å². The molecule has 1 rings (SSSR count). The average molecular weight is 198 g/mol. The monoisotopic (exact) mass is 198 g/mol. The number of rotatable bonds is 6. The highest BCUT2D eigenvalue weighted by atomic mass is 16.5. The zero-order valence-electron chi connectivity index (χ0n) is 9.21. The second-order valence-electron chi connectivity index (χ2n) is 3.96. The highest BCUT2D eigenvalue weighted by Crippen LogP contribution is 2.23. The van der Waals surface area contributed by atoms with Crippen LogP contribution in [0.1, 0.15) is 39.0 Å². The van der Waals surface area contributed by atoms with Crippen LogP contribution >= 0.6 is 0 Å². The highest BCUT2D eigenvalue weighted by Gasteiger charge is 2.25. The molecule has 0 aromatic rings. The number of unbranched alkanes of at least 4 members (excludes halogenated alkanes) is 2. The van der Waals surface area contributed by atoms with Gasteiger partial charge in [-0.3, -0.25) is 0 Å². The van der Waals surface area contributed by atoms with E-state index in [1.54, 1.807) is 6.26 Å². The normalized spacial score (nSPS) is 27.2. The average Bonchev–Trinajstić information content (AvgIpc) is 2.21. The predicted octanol–water partition coefficient (Wildman–Crippen LogP) is 3.13. The van der Waals surface area contributed by atoms with Crippen LogP contribution in [0.4, 0.5) is 0 Å². The van der Waals surface area contributed by atoms with Crippen molar-refractivity contribution in [2.45, 2.75) is 45.1 Å². The molecule has 1 saturated heterocycles. The van der Waals surface area contributed by atoms with E-state index in [1.807, 2.05) is 0 Å². The van der Waals surface area contributed by atoms with Crippen LogP contribution in [0.3, 0.4) is 0 Å². The van der Waals surface area contributed by atoms with Crippen molar-refractivity contribution in [2.24, 2.45) is 5.92 Å². The van der Waals surface area contributed by atoms with Crippen molar-refractivity contribution >= 4 is 0 Å². The van der Waals surface area contributed by atoms with Crippen LogP contribution in [0.15, 0.2) is 12.8 Å². The zero-order valence-corrected chi connectivity index (χ0v) is 9.21. The van der Waals surface area contributed by atoms with Gasteiger partial charge in [0.15, 0.2) is 0 Å². The second kappa shape index (κ2) is 6.88. The smallest absolute Gasteiger partial charge is 0.105 e. The van der Waals surface area contributed by atoms with Crippen LogP contribution in [-0.2, 0) is 9.47 Å². The summed E-state index contributed by atoms with van der Waals surface area (Å²) in [5.41, 5.74) is 0. The van der Waals surface area contributed by atoms with Crippen molar-refractivity contribution in [3.8, 4) is 0 Å². The summed E-state index contributed by atoms with van der Waals surface area (Å²) in [6.45, 7) is 7.55. The Hall–Kier alpha value is -0.500. The molecule has 2 nitrogen and oxygen atoms in total. The first-order valence-corrected chi connectivity index (χ1v) is 5.72. The fraction of sp³-hybridized carbons (Fsp3) is 0.833. The molecule has 0 N–H and O–H groups in total. The third kappa shape index (κ3) is 3.70. The third-order valence-corrected chi connectivity index (χ3v) is 2.85. The molecule has 2 heteroatoms. The molecule has 0 aromatic carbocycles. The molecular formula is C12H22O2. The minimum atomic E-state index is 0.345. The minimum Gasteiger partial charge on any atom is -0.498 e. The van der Waals surface area contributed by atoms with E-state index in [2.05, 4.69) is 13.5 Å². The molecule has 1 aliphatic heterocycles. The minimum absolute atomic E-state index is 0.345. The highest BCUT2D eigenvalue weighted by molar-refractivity contribution is 4.76. The second-order valence-corrected chi connectivity index (χ2v) is 3.96. The summed E-state index contributed by atoms with van der Waals surface area (Å²) in [6, 6.07) is 0. The number of ether oxygens (including phenoxy) is 2. The zero-order chi connectivity index (χ0) is 10.2. The molecule has 2 unspecified atom stereocenters. The van der Waals surface area contributed by atoms with Crippen LogP contribution < -0.4 is 0 Å². The summed E-state index contributed by atoms with van der Waals surface area (Å²) < 4.78 is 11.0. The van der Waals surface area contributed by atoms with Crippen molar-refractivity contribution in [1.29, 1.82) is 0 Å². The Balaban J connectivity index is 2.26. The molecule has 0 aliphatic carbocycles. The van der Waals surface area contributed by atoms with Crippen LogP contribution in [0.25, 0.3) is 0 Å². The first-order valence-electron chi connectivity index (χ1n) is 5.72. The molecule has 0 radical (unpaired) electrons. The molecule has 0 aromatic heterocycles. The molecule has 1 heterocycles. The summed E-state index contributed by atoms with van der Waals surface area (Å²) in [7, 11) is 0. The lowest BCUT2D eigenvalue weighted by Gasteiger charge is -2.30. The summed E-state index contributed by atoms with van der Waals surface area (Å²) in [5.74, 6) is 0.577. The lowest BCUT2D eigenvalue weighted by Crippen LogP contribution is -2.33. The van der Waals surface area contributed by atoms with Gasteiger partial charge in [0.05, 0.1) is 19.5 Å². The van der Waals surface area contributed by atoms with Crippen molar-refractivity contribution in [3.63, 3.8) is 0 Å². The summed E-state index contributed by atoms with van der Waals surface area (Å²) in [6.07, 6.45) is 8.05. The Morgan fingerprint density at radius 3 is 3.07 bits per heavy atom. The van der Waals surface area contributed by atoms with Gasteiger partial charge in [0.1, 0.15) is 6.10 Å². The van der Waals surface area contributed by atoms with Gasteiger partial charge in [-0.15, -0.1) is 0 Å². The molecule has 14 heavy (non-hydrogen) atoms. The van der Waals surface area contributed by atoms with Gasteiger partial charge in [0.25, 0.3) is 0 Å². The molecule has 0 bridgehead atoms. The summed E-state index contributed by atoms with van der Waals surface area (Å²) in [5, 5.41) is 0. The Bertz CT molecular complexity index is 156. The number of hydrogen-bond acceptors (Lipinski definition) is 2. The van der Waals surface area contributed by atoms with Gasteiger partial charge in [-0.05, 0) is 6.42 Å². The lowest BCUT2D eigenvalue weighted by molar-refractivity contribution is -0.0450. The fourth-order valence-corrected chi connectivity index (χ4v) is 2.01. The van der Waals surface area contributed by atoms with Gasteiger partial charge in [-0.2, -0.15) is 0 Å². The van der Waals surface area contributed by atoms with E-state index in [0.717, 1.165) is 19.6 Å². The van der Waals surface area contributed by atoms with E-state index in [9.17, 15) is 0 Å². The van der Waals surface area contributed by atoms with E-state index in [1.165, 1.54) is 25.7 Å². The molecule has 0 saturated carbocycles. The van der Waals surface area contributed by atoms with Crippen LogP contribution in [0.2, 0.25) is 0 Å². The largest absolute Gasteiger partial charge is 0.498 e. The molecule has 2 atom stereocenters. The van der Waals surface area contributed by atoms with E-state index in [4.69, 9.17) is 9.47 Å². The van der Waals surface area contributed by atoms with E-state index in [-0.39, 0.29) is 0 Å². The molecule has 82 valence electrons. The first-order chi connectivity index (χ1) is 6.88. The maximum absolute atomic E-state index is 5.51. The van der Waals surface area contributed by atoms with Gasteiger partial charge in [-0.1, -0.05) is 32.8 Å². The SMILES string of the molecule is C=COC1CCOCC1CCCCC. The standard InChI is InChI=1S/C12H22O2/c1-3-5-6-7-11-10-13-9-8-12(11)14-4-2/h4,11-12H,2-3,5-10H2,1H3. The van der Waals surface area contributed by atoms with Gasteiger partial charge in [0.2, 0.25) is 0 Å². The summed E-state index contributed by atoms with van der Waals surface area (Å²) in [4.78, 5) is 0. The molecular weight excluding hydrogens is 176 g/mol. The van der Waals surface area contributed by atoms with Crippen LogP contribution in [0.5, 0.6) is 0 Å². The molecule has 0 spiro atoms. The maximum atomic E-state index is 5.51. The van der Waals surface area contributed by atoms with E-state index < -0.39 is 0 Å². The topological polar surface area (TPSA) is 18.5 Å². The molecule has 1 fully saturated rings. The quantitative estimate of drug-likeness (QED) is 0.482. The maximum Gasteiger partial charge on any atom is 0.105 e. The van der Waals surface area contributed by atoms with Crippen molar-refractivity contribution in [3.05, 3.63) is 12.8 Å². The van der Waals surface area contributed by atoms with Gasteiger partial charge < -0.3 is 9.47 Å². The van der Waals surface area contributed by atoms with Gasteiger partial charge in [-0.25, -0.2) is 0 Å². The lowest BCUT2D eigenvalue weighted by atomic mass is 9.92. The van der Waals surface area contributed by atoms with Crippen molar-refractivity contribution in [1.82, 2.24) is 0 Å². The van der Waals surface area contributed by atoms with E-state index >= 15 is 0 Å². The number of hydrogen-bond donors (Lipinski definition) is 0. The summed E-state index contributed by atoms with van der Waals surface area (Å²) >= 11 is 0. The molecule has 1 aliphatic rings. The Morgan fingerprint density at radius 1 is 1.50 bits per heavy atom. The van der Waals surface area contributed by atoms with Crippen LogP contribution in [0, 0.1) is 5.92 Å². The van der Waals surface area contributed by atoms with E-state index in [0.29, 0.717) is 12.0 Å². The van der Waals surface area contributed by atoms with Crippen molar-refractivity contribution in [2.75, 3.05) is 13.2 Å². The van der Waals surface area contributed by atoms with Gasteiger partial charge in [0, 0.05) is 12.3 Å². The molecule has 0 amide bonds.